The largest absolute Gasteiger partial charge is 0.350 e. The summed E-state index contributed by atoms with van der Waals surface area (Å²) in [6, 6.07) is 13.3. The SMILES string of the molecule is CC(C)(C)Nc1nc(Nc2ccc(Cl)cc2)cc(-c2ccncc2)n1. The molecule has 3 rings (SSSR count). The van der Waals surface area contributed by atoms with E-state index in [0.29, 0.717) is 16.8 Å². The molecule has 0 aliphatic rings. The van der Waals surface area contributed by atoms with Gasteiger partial charge in [-0.1, -0.05) is 11.6 Å². The molecule has 6 heteroatoms. The van der Waals surface area contributed by atoms with Gasteiger partial charge in [0.1, 0.15) is 5.82 Å². The lowest BCUT2D eigenvalue weighted by Crippen LogP contribution is -2.27. The van der Waals surface area contributed by atoms with Crippen molar-refractivity contribution >= 4 is 29.1 Å². The third kappa shape index (κ3) is 4.90. The number of hydrogen-bond acceptors (Lipinski definition) is 5. The number of pyridine rings is 1. The van der Waals surface area contributed by atoms with Gasteiger partial charge in [0.15, 0.2) is 0 Å². The third-order valence-electron chi connectivity index (χ3n) is 3.31. The highest BCUT2D eigenvalue weighted by atomic mass is 35.5. The first-order valence-electron chi connectivity index (χ1n) is 7.99. The number of hydrogen-bond donors (Lipinski definition) is 2. The molecule has 128 valence electrons. The summed E-state index contributed by atoms with van der Waals surface area (Å²) in [5.41, 5.74) is 2.56. The van der Waals surface area contributed by atoms with Crippen molar-refractivity contribution in [1.29, 1.82) is 0 Å². The van der Waals surface area contributed by atoms with Gasteiger partial charge >= 0.3 is 0 Å². The minimum atomic E-state index is -0.144. The lowest BCUT2D eigenvalue weighted by Gasteiger charge is -2.21. The zero-order chi connectivity index (χ0) is 17.9. The molecule has 0 atom stereocenters. The highest BCUT2D eigenvalue weighted by Crippen LogP contribution is 2.25. The van der Waals surface area contributed by atoms with Gasteiger partial charge < -0.3 is 10.6 Å². The fourth-order valence-corrected chi connectivity index (χ4v) is 2.38. The van der Waals surface area contributed by atoms with Gasteiger partial charge in [-0.05, 0) is 57.2 Å². The molecule has 2 aromatic heterocycles. The van der Waals surface area contributed by atoms with Crippen molar-refractivity contribution in [1.82, 2.24) is 15.0 Å². The van der Waals surface area contributed by atoms with E-state index < -0.39 is 0 Å². The van der Waals surface area contributed by atoms with Crippen LogP contribution in [0.3, 0.4) is 0 Å². The molecule has 0 spiro atoms. The van der Waals surface area contributed by atoms with Crippen LogP contribution in [0.1, 0.15) is 20.8 Å². The van der Waals surface area contributed by atoms with Crippen LogP contribution >= 0.6 is 11.6 Å². The fourth-order valence-electron chi connectivity index (χ4n) is 2.25. The summed E-state index contributed by atoms with van der Waals surface area (Å²) in [6.45, 7) is 6.21. The number of nitrogens with zero attached hydrogens (tertiary/aromatic N) is 3. The first kappa shape index (κ1) is 17.2. The minimum absolute atomic E-state index is 0.144. The molecule has 2 N–H and O–H groups in total. The molecule has 0 saturated heterocycles. The Balaban J connectivity index is 1.98. The number of halogens is 1. The van der Waals surface area contributed by atoms with Crippen molar-refractivity contribution in [2.45, 2.75) is 26.3 Å². The van der Waals surface area contributed by atoms with E-state index in [1.54, 1.807) is 12.4 Å². The van der Waals surface area contributed by atoms with Crippen LogP contribution in [0.2, 0.25) is 5.02 Å². The second-order valence-electron chi connectivity index (χ2n) is 6.70. The van der Waals surface area contributed by atoms with Crippen molar-refractivity contribution in [2.75, 3.05) is 10.6 Å². The molecule has 1 aromatic carbocycles. The van der Waals surface area contributed by atoms with Crippen LogP contribution in [-0.4, -0.2) is 20.5 Å². The first-order chi connectivity index (χ1) is 11.9. The third-order valence-corrected chi connectivity index (χ3v) is 3.56. The molecule has 0 aliphatic carbocycles. The van der Waals surface area contributed by atoms with E-state index in [4.69, 9.17) is 11.6 Å². The average molecular weight is 354 g/mol. The second kappa shape index (κ2) is 7.07. The van der Waals surface area contributed by atoms with Gasteiger partial charge in [-0.25, -0.2) is 4.98 Å². The molecule has 0 radical (unpaired) electrons. The number of anilines is 3. The maximum atomic E-state index is 5.95. The monoisotopic (exact) mass is 353 g/mol. The van der Waals surface area contributed by atoms with Gasteiger partial charge in [-0.2, -0.15) is 4.98 Å². The van der Waals surface area contributed by atoms with Gasteiger partial charge in [-0.15, -0.1) is 0 Å². The Hall–Kier alpha value is -2.66. The van der Waals surface area contributed by atoms with Crippen molar-refractivity contribution in [3.8, 4) is 11.3 Å². The van der Waals surface area contributed by atoms with E-state index in [9.17, 15) is 0 Å². The quantitative estimate of drug-likeness (QED) is 0.679. The molecule has 5 nitrogen and oxygen atoms in total. The number of rotatable bonds is 4. The van der Waals surface area contributed by atoms with Crippen LogP contribution in [0.25, 0.3) is 11.3 Å². The van der Waals surface area contributed by atoms with E-state index in [1.165, 1.54) is 0 Å². The molecule has 0 saturated carbocycles. The zero-order valence-corrected chi connectivity index (χ0v) is 15.2. The van der Waals surface area contributed by atoms with Gasteiger partial charge in [0.05, 0.1) is 5.69 Å². The summed E-state index contributed by atoms with van der Waals surface area (Å²) in [7, 11) is 0. The lowest BCUT2D eigenvalue weighted by atomic mass is 10.1. The van der Waals surface area contributed by atoms with E-state index in [-0.39, 0.29) is 5.54 Å². The van der Waals surface area contributed by atoms with Crippen LogP contribution in [0.4, 0.5) is 17.5 Å². The molecule has 3 aromatic rings. The van der Waals surface area contributed by atoms with Crippen LogP contribution < -0.4 is 10.6 Å². The van der Waals surface area contributed by atoms with E-state index in [1.807, 2.05) is 42.5 Å². The van der Waals surface area contributed by atoms with E-state index in [0.717, 1.165) is 16.9 Å². The zero-order valence-electron chi connectivity index (χ0n) is 14.4. The summed E-state index contributed by atoms with van der Waals surface area (Å²) in [4.78, 5) is 13.3. The minimum Gasteiger partial charge on any atom is -0.350 e. The summed E-state index contributed by atoms with van der Waals surface area (Å²) < 4.78 is 0. The van der Waals surface area contributed by atoms with Crippen LogP contribution in [0, 0.1) is 0 Å². The molecule has 0 aliphatic heterocycles. The standard InChI is InChI=1S/C19H20ClN5/c1-19(2,3)25-18-23-16(13-8-10-21-11-9-13)12-17(24-18)22-15-6-4-14(20)5-7-15/h4-12H,1-3H3,(H2,22,23,24,25). The van der Waals surface area contributed by atoms with E-state index in [2.05, 4.69) is 46.4 Å². The van der Waals surface area contributed by atoms with Crippen LogP contribution in [0.15, 0.2) is 54.9 Å². The topological polar surface area (TPSA) is 62.7 Å². The maximum absolute atomic E-state index is 5.95. The maximum Gasteiger partial charge on any atom is 0.225 e. The van der Waals surface area contributed by atoms with Crippen LogP contribution in [0.5, 0.6) is 0 Å². The van der Waals surface area contributed by atoms with Crippen LogP contribution in [-0.2, 0) is 0 Å². The summed E-state index contributed by atoms with van der Waals surface area (Å²) in [5.74, 6) is 1.27. The van der Waals surface area contributed by atoms with Crippen molar-refractivity contribution in [3.05, 3.63) is 59.9 Å². The normalized spacial score (nSPS) is 11.2. The highest BCUT2D eigenvalue weighted by molar-refractivity contribution is 6.30. The van der Waals surface area contributed by atoms with Gasteiger partial charge in [0, 0.05) is 40.3 Å². The summed E-state index contributed by atoms with van der Waals surface area (Å²) in [6.07, 6.45) is 3.50. The van der Waals surface area contributed by atoms with Crippen molar-refractivity contribution < 1.29 is 0 Å². The second-order valence-corrected chi connectivity index (χ2v) is 7.14. The molecular formula is C19H20ClN5. The molecule has 0 unspecified atom stereocenters. The Morgan fingerprint density at radius 3 is 2.24 bits per heavy atom. The number of benzene rings is 1. The Labute approximate surface area is 152 Å². The summed E-state index contributed by atoms with van der Waals surface area (Å²) in [5, 5.41) is 7.32. The number of aromatic nitrogens is 3. The predicted molar refractivity (Wildman–Crippen MR) is 103 cm³/mol. The Bertz CT molecular complexity index is 842. The molecule has 0 bridgehead atoms. The number of nitrogens with one attached hydrogen (secondary N) is 2. The Morgan fingerprint density at radius 2 is 1.60 bits per heavy atom. The van der Waals surface area contributed by atoms with Crippen molar-refractivity contribution in [3.63, 3.8) is 0 Å². The highest BCUT2D eigenvalue weighted by Gasteiger charge is 2.14. The Morgan fingerprint density at radius 1 is 0.920 bits per heavy atom. The molecule has 2 heterocycles. The average Bonchev–Trinajstić information content (AvgIpc) is 2.56. The Kier molecular flexibility index (Phi) is 4.86. The molecular weight excluding hydrogens is 334 g/mol. The van der Waals surface area contributed by atoms with Gasteiger partial charge in [-0.3, -0.25) is 4.98 Å². The van der Waals surface area contributed by atoms with E-state index >= 15 is 0 Å². The predicted octanol–water partition coefficient (Wildman–Crippen LogP) is 5.15. The molecule has 25 heavy (non-hydrogen) atoms. The first-order valence-corrected chi connectivity index (χ1v) is 8.37. The fraction of sp³-hybridized carbons (Fsp3) is 0.211. The molecule has 0 fully saturated rings. The summed E-state index contributed by atoms with van der Waals surface area (Å²) >= 11 is 5.95. The van der Waals surface area contributed by atoms with Gasteiger partial charge in [0.25, 0.3) is 0 Å². The van der Waals surface area contributed by atoms with Gasteiger partial charge in [0.2, 0.25) is 5.95 Å². The van der Waals surface area contributed by atoms with Crippen molar-refractivity contribution in [2.24, 2.45) is 0 Å². The lowest BCUT2D eigenvalue weighted by molar-refractivity contribution is 0.626. The smallest absolute Gasteiger partial charge is 0.225 e. The molecule has 0 amide bonds.